The minimum Gasteiger partial charge on any atom is -0.276 e. The molecule has 10 heavy (non-hydrogen) atoms. The number of rotatable bonds is 3. The fourth-order valence-electron chi connectivity index (χ4n) is 0.318. The molecule has 0 rings (SSSR count). The van der Waals surface area contributed by atoms with E-state index < -0.39 is 10.5 Å². The molecular weight excluding hydrogens is 175 g/mol. The van der Waals surface area contributed by atoms with Gasteiger partial charge in [0.1, 0.15) is 0 Å². The topological polar surface area (TPSA) is 34.1 Å². The van der Waals surface area contributed by atoms with E-state index >= 15 is 0 Å². The number of hydrogen-bond donors (Lipinski definition) is 0. The molecule has 0 fully saturated rings. The van der Waals surface area contributed by atoms with Crippen molar-refractivity contribution in [1.29, 1.82) is 0 Å². The Morgan fingerprint density at radius 3 is 1.90 bits per heavy atom. The first-order valence-electron chi connectivity index (χ1n) is 2.31. The summed E-state index contributed by atoms with van der Waals surface area (Å²) < 4.78 is 0. The Morgan fingerprint density at radius 1 is 1.30 bits per heavy atom. The molecule has 0 bridgehead atoms. The van der Waals surface area contributed by atoms with E-state index in [4.69, 9.17) is 23.2 Å². The fraction of sp³-hybridized carbons (Fsp3) is 0. The summed E-state index contributed by atoms with van der Waals surface area (Å²) in [6.07, 6.45) is 2.07. The highest BCUT2D eigenvalue weighted by Gasteiger charge is 2.01. The molecule has 0 saturated heterocycles. The zero-order valence-corrected chi connectivity index (χ0v) is 6.45. The molecule has 0 saturated carbocycles. The first-order valence-corrected chi connectivity index (χ1v) is 3.07. The number of carbonyl (C=O) groups is 2. The van der Waals surface area contributed by atoms with E-state index in [9.17, 15) is 9.59 Å². The van der Waals surface area contributed by atoms with Crippen molar-refractivity contribution in [3.63, 3.8) is 0 Å². The summed E-state index contributed by atoms with van der Waals surface area (Å²) in [6, 6.07) is 0. The van der Waals surface area contributed by atoms with Gasteiger partial charge in [0.25, 0.3) is 5.24 Å². The van der Waals surface area contributed by atoms with Crippen LogP contribution >= 0.6 is 23.2 Å². The van der Waals surface area contributed by atoms with Crippen LogP contribution in [0.3, 0.4) is 0 Å². The minimum absolute atomic E-state index is 0.00154. The van der Waals surface area contributed by atoms with Gasteiger partial charge in [-0.15, -0.1) is 0 Å². The van der Waals surface area contributed by atoms with Crippen LogP contribution in [0.4, 0.5) is 0 Å². The summed E-state index contributed by atoms with van der Waals surface area (Å²) in [4.78, 5) is 20.5. The molecule has 0 unspecified atom stereocenters. The van der Waals surface area contributed by atoms with Crippen molar-refractivity contribution in [3.05, 3.63) is 24.3 Å². The highest BCUT2D eigenvalue weighted by atomic mass is 35.5. The largest absolute Gasteiger partial charge is 0.276 e. The highest BCUT2D eigenvalue weighted by molar-refractivity contribution is 6.70. The molecule has 54 valence electrons. The molecule has 2 nitrogen and oxygen atoms in total. The third-order valence-electron chi connectivity index (χ3n) is 0.716. The van der Waals surface area contributed by atoms with E-state index in [1.165, 1.54) is 0 Å². The zero-order chi connectivity index (χ0) is 8.15. The molecule has 0 spiro atoms. The Balaban J connectivity index is 4.49. The van der Waals surface area contributed by atoms with Crippen molar-refractivity contribution in [1.82, 2.24) is 0 Å². The Hall–Kier alpha value is -0.600. The first-order chi connectivity index (χ1) is 4.57. The van der Waals surface area contributed by atoms with Crippen molar-refractivity contribution in [2.45, 2.75) is 0 Å². The molecule has 0 aromatic carbocycles. The van der Waals surface area contributed by atoms with E-state index in [1.54, 1.807) is 0 Å². The Bertz CT molecular complexity index is 206. The molecule has 0 aromatic heterocycles. The van der Waals surface area contributed by atoms with Crippen LogP contribution in [-0.4, -0.2) is 10.5 Å². The van der Waals surface area contributed by atoms with Crippen molar-refractivity contribution in [2.75, 3.05) is 0 Å². The molecule has 0 radical (unpaired) electrons. The van der Waals surface area contributed by atoms with Crippen LogP contribution in [0.25, 0.3) is 0 Å². The maximum atomic E-state index is 10.3. The molecule has 0 amide bonds. The van der Waals surface area contributed by atoms with Crippen LogP contribution in [0.2, 0.25) is 0 Å². The second-order valence-electron chi connectivity index (χ2n) is 1.38. The molecule has 0 aromatic rings. The first kappa shape index (κ1) is 9.40. The number of carbonyl (C=O) groups excluding carboxylic acids is 2. The van der Waals surface area contributed by atoms with Gasteiger partial charge in [-0.3, -0.25) is 9.59 Å². The predicted molar refractivity (Wildman–Crippen MR) is 40.0 cm³/mol. The van der Waals surface area contributed by atoms with Gasteiger partial charge < -0.3 is 0 Å². The molecular formula is C6H4Cl2O2. The number of hydrogen-bond acceptors (Lipinski definition) is 2. The summed E-state index contributed by atoms with van der Waals surface area (Å²) in [7, 11) is 0. The van der Waals surface area contributed by atoms with Gasteiger partial charge in [0.15, 0.2) is 0 Å². The molecule has 0 N–H and O–H groups in total. The van der Waals surface area contributed by atoms with Gasteiger partial charge in [-0.05, 0) is 23.2 Å². The van der Waals surface area contributed by atoms with E-state index in [0.29, 0.717) is 0 Å². The molecule has 0 aliphatic carbocycles. The van der Waals surface area contributed by atoms with Gasteiger partial charge in [0.05, 0.1) is 0 Å². The molecule has 0 aliphatic heterocycles. The number of halogens is 2. The highest BCUT2D eigenvalue weighted by Crippen LogP contribution is 2.02. The normalized spacial score (nSPS) is 10.8. The van der Waals surface area contributed by atoms with Crippen LogP contribution in [0.5, 0.6) is 0 Å². The Kier molecular flexibility index (Phi) is 4.00. The fourth-order valence-corrected chi connectivity index (χ4v) is 0.567. The molecule has 0 aliphatic rings. The second kappa shape index (κ2) is 4.25. The molecule has 4 heteroatoms. The van der Waals surface area contributed by atoms with Crippen molar-refractivity contribution in [3.8, 4) is 0 Å². The molecule has 0 atom stereocenters. The standard InChI is InChI=1S/C6H4Cl2O2/c1-2-4(6(8)10)3-5(7)9/h2-3H,1H2/b4-3-. The van der Waals surface area contributed by atoms with Gasteiger partial charge in [-0.2, -0.15) is 0 Å². The minimum atomic E-state index is -0.746. The van der Waals surface area contributed by atoms with Gasteiger partial charge >= 0.3 is 0 Å². The summed E-state index contributed by atoms with van der Waals surface area (Å²) in [5.41, 5.74) is 0.00154. The van der Waals surface area contributed by atoms with Crippen LogP contribution < -0.4 is 0 Å². The lowest BCUT2D eigenvalue weighted by atomic mass is 10.3. The van der Waals surface area contributed by atoms with E-state index in [2.05, 4.69) is 6.58 Å². The van der Waals surface area contributed by atoms with Gasteiger partial charge in [-0.25, -0.2) is 0 Å². The van der Waals surface area contributed by atoms with Crippen molar-refractivity contribution >= 4 is 33.7 Å². The Labute approximate surface area is 68.1 Å². The maximum absolute atomic E-state index is 10.3. The summed E-state index contributed by atoms with van der Waals surface area (Å²) in [6.45, 7) is 3.25. The summed E-state index contributed by atoms with van der Waals surface area (Å²) >= 11 is 9.92. The van der Waals surface area contributed by atoms with Gasteiger partial charge in [0.2, 0.25) is 5.24 Å². The van der Waals surface area contributed by atoms with Crippen LogP contribution in [0.1, 0.15) is 0 Å². The average Bonchev–Trinajstić information content (AvgIpc) is 1.81. The monoisotopic (exact) mass is 178 g/mol. The lowest BCUT2D eigenvalue weighted by Crippen LogP contribution is -1.91. The van der Waals surface area contributed by atoms with Gasteiger partial charge in [0, 0.05) is 11.6 Å². The van der Waals surface area contributed by atoms with E-state index in [0.717, 1.165) is 12.2 Å². The average molecular weight is 179 g/mol. The molecule has 0 heterocycles. The third-order valence-corrected chi connectivity index (χ3v) is 1.04. The lowest BCUT2D eigenvalue weighted by molar-refractivity contribution is -0.110. The lowest BCUT2D eigenvalue weighted by Gasteiger charge is -1.87. The van der Waals surface area contributed by atoms with Crippen LogP contribution in [-0.2, 0) is 9.59 Å². The van der Waals surface area contributed by atoms with E-state index in [-0.39, 0.29) is 5.57 Å². The van der Waals surface area contributed by atoms with Crippen LogP contribution in [0, 0.1) is 0 Å². The van der Waals surface area contributed by atoms with Crippen molar-refractivity contribution in [2.24, 2.45) is 0 Å². The summed E-state index contributed by atoms with van der Waals surface area (Å²) in [5.74, 6) is 0. The summed E-state index contributed by atoms with van der Waals surface area (Å²) in [5, 5.41) is -1.49. The predicted octanol–water partition coefficient (Wildman–Crippen LogP) is 1.63. The van der Waals surface area contributed by atoms with Crippen molar-refractivity contribution < 1.29 is 9.59 Å². The smallest absolute Gasteiger partial charge is 0.252 e. The van der Waals surface area contributed by atoms with Gasteiger partial charge in [-0.1, -0.05) is 12.7 Å². The Morgan fingerprint density at radius 2 is 1.80 bits per heavy atom. The second-order valence-corrected chi connectivity index (χ2v) is 2.10. The van der Waals surface area contributed by atoms with Crippen LogP contribution in [0.15, 0.2) is 24.3 Å². The number of allylic oxidation sites excluding steroid dienone is 3. The SMILES string of the molecule is C=C/C(=C/C(=O)Cl)C(=O)Cl. The maximum Gasteiger partial charge on any atom is 0.252 e. The quantitative estimate of drug-likeness (QED) is 0.374. The zero-order valence-electron chi connectivity index (χ0n) is 4.93. The van der Waals surface area contributed by atoms with E-state index in [1.807, 2.05) is 0 Å². The third kappa shape index (κ3) is 3.43.